The topological polar surface area (TPSA) is 54.2 Å². The Bertz CT molecular complexity index is 411. The van der Waals surface area contributed by atoms with Gasteiger partial charge in [-0.2, -0.15) is 4.98 Å². The van der Waals surface area contributed by atoms with E-state index in [9.17, 15) is 0 Å². The number of aromatic nitrogens is 2. The molecule has 1 aromatic rings. The maximum absolute atomic E-state index is 5.05. The van der Waals surface area contributed by atoms with Crippen LogP contribution in [0.2, 0.25) is 0 Å². The molecule has 1 N–H and O–H groups in total. The van der Waals surface area contributed by atoms with Crippen molar-refractivity contribution in [3.05, 3.63) is 11.7 Å². The van der Waals surface area contributed by atoms with Crippen molar-refractivity contribution in [2.45, 2.75) is 57.7 Å². The van der Waals surface area contributed by atoms with Crippen molar-refractivity contribution in [1.29, 1.82) is 0 Å². The highest BCUT2D eigenvalue weighted by Crippen LogP contribution is 2.33. The highest BCUT2D eigenvalue weighted by molar-refractivity contribution is 5.01. The Hall–Kier alpha value is -0.940. The summed E-state index contributed by atoms with van der Waals surface area (Å²) in [5, 5.41) is 7.77. The van der Waals surface area contributed by atoms with E-state index >= 15 is 0 Å². The molecule has 1 saturated heterocycles. The quantitative estimate of drug-likeness (QED) is 0.861. The second kappa shape index (κ2) is 4.63. The van der Waals surface area contributed by atoms with Crippen molar-refractivity contribution in [3.63, 3.8) is 0 Å². The fraction of sp³-hybridized carbons (Fsp3) is 0.846. The second-order valence-corrected chi connectivity index (χ2v) is 5.85. The van der Waals surface area contributed by atoms with Gasteiger partial charge in [0.1, 0.15) is 0 Å². The molecule has 3 rings (SSSR count). The minimum Gasteiger partial charge on any atom is -0.340 e. The lowest BCUT2D eigenvalue weighted by Crippen LogP contribution is -2.62. The lowest BCUT2D eigenvalue weighted by atomic mass is 9.92. The zero-order chi connectivity index (χ0) is 12.6. The summed E-state index contributed by atoms with van der Waals surface area (Å²) in [6.45, 7) is 7.10. The minimum absolute atomic E-state index is 0.352. The molecule has 0 bridgehead atoms. The second-order valence-electron chi connectivity index (χ2n) is 5.85. The van der Waals surface area contributed by atoms with E-state index in [0.29, 0.717) is 17.5 Å². The summed E-state index contributed by atoms with van der Waals surface area (Å²) in [5.41, 5.74) is 0.352. The third kappa shape index (κ3) is 2.29. The Kier molecular flexibility index (Phi) is 3.11. The average Bonchev–Trinajstić information content (AvgIpc) is 2.95. The molecule has 1 atom stereocenters. The molecule has 0 aromatic carbocycles. The highest BCUT2D eigenvalue weighted by Gasteiger charge is 2.40. The van der Waals surface area contributed by atoms with Gasteiger partial charge in [0.2, 0.25) is 5.89 Å². The lowest BCUT2D eigenvalue weighted by Gasteiger charge is -2.44. The van der Waals surface area contributed by atoms with Crippen LogP contribution in [-0.4, -0.2) is 39.7 Å². The van der Waals surface area contributed by atoms with Gasteiger partial charge in [0.05, 0.1) is 6.54 Å². The lowest BCUT2D eigenvalue weighted by molar-refractivity contribution is 0.0796. The largest absolute Gasteiger partial charge is 0.340 e. The van der Waals surface area contributed by atoms with E-state index in [-0.39, 0.29) is 0 Å². The van der Waals surface area contributed by atoms with Gasteiger partial charge in [0.15, 0.2) is 5.82 Å². The summed E-state index contributed by atoms with van der Waals surface area (Å²) in [6.07, 6.45) is 5.33. The molecule has 0 amide bonds. The van der Waals surface area contributed by atoms with Crippen LogP contribution in [0, 0.1) is 6.92 Å². The average molecular weight is 250 g/mol. The number of hydrogen-bond acceptors (Lipinski definition) is 5. The molecule has 1 spiro atoms. The van der Waals surface area contributed by atoms with Crippen LogP contribution in [0.1, 0.15) is 44.3 Å². The van der Waals surface area contributed by atoms with Gasteiger partial charge in [0.25, 0.3) is 0 Å². The van der Waals surface area contributed by atoms with Crippen LogP contribution in [0.3, 0.4) is 0 Å². The van der Waals surface area contributed by atoms with Crippen molar-refractivity contribution in [2.24, 2.45) is 0 Å². The predicted octanol–water partition coefficient (Wildman–Crippen LogP) is 1.48. The Labute approximate surface area is 108 Å². The third-order valence-corrected chi connectivity index (χ3v) is 4.38. The molecule has 1 aliphatic heterocycles. The third-order valence-electron chi connectivity index (χ3n) is 4.38. The molecule has 2 aliphatic rings. The molecular weight excluding hydrogens is 228 g/mol. The van der Waals surface area contributed by atoms with Crippen LogP contribution in [0.15, 0.2) is 4.52 Å². The molecule has 0 radical (unpaired) electrons. The van der Waals surface area contributed by atoms with E-state index in [1.165, 1.54) is 25.7 Å². The number of piperazine rings is 1. The first-order valence-electron chi connectivity index (χ1n) is 6.95. The van der Waals surface area contributed by atoms with Crippen molar-refractivity contribution < 1.29 is 4.52 Å². The van der Waals surface area contributed by atoms with Crippen molar-refractivity contribution in [1.82, 2.24) is 20.4 Å². The van der Waals surface area contributed by atoms with Crippen LogP contribution in [0.25, 0.3) is 0 Å². The summed E-state index contributed by atoms with van der Waals surface area (Å²) >= 11 is 0. The first-order valence-corrected chi connectivity index (χ1v) is 6.95. The fourth-order valence-electron chi connectivity index (χ4n) is 3.28. The Morgan fingerprint density at radius 2 is 2.22 bits per heavy atom. The molecule has 100 valence electrons. The normalized spacial score (nSPS) is 28.0. The van der Waals surface area contributed by atoms with E-state index < -0.39 is 0 Å². The summed E-state index contributed by atoms with van der Waals surface area (Å²) in [5.74, 6) is 1.47. The van der Waals surface area contributed by atoms with Gasteiger partial charge in [-0.25, -0.2) is 0 Å². The number of aryl methyl sites for hydroxylation is 1. The van der Waals surface area contributed by atoms with E-state index in [0.717, 1.165) is 25.5 Å². The maximum Gasteiger partial charge on any atom is 0.223 e. The molecule has 5 heteroatoms. The van der Waals surface area contributed by atoms with Crippen molar-refractivity contribution in [3.8, 4) is 0 Å². The monoisotopic (exact) mass is 250 g/mol. The first kappa shape index (κ1) is 12.1. The Morgan fingerprint density at radius 1 is 1.44 bits per heavy atom. The van der Waals surface area contributed by atoms with E-state index in [2.05, 4.69) is 27.3 Å². The molecule has 1 unspecified atom stereocenters. The number of rotatable bonds is 2. The summed E-state index contributed by atoms with van der Waals surface area (Å²) in [4.78, 5) is 6.81. The van der Waals surface area contributed by atoms with Crippen LogP contribution in [0.5, 0.6) is 0 Å². The summed E-state index contributed by atoms with van der Waals surface area (Å²) in [6, 6.07) is 0.537. The van der Waals surface area contributed by atoms with Gasteiger partial charge in [0, 0.05) is 31.6 Å². The predicted molar refractivity (Wildman–Crippen MR) is 68.1 cm³/mol. The molecule has 1 saturated carbocycles. The fourth-order valence-corrected chi connectivity index (χ4v) is 3.28. The Morgan fingerprint density at radius 3 is 2.89 bits per heavy atom. The van der Waals surface area contributed by atoms with Gasteiger partial charge >= 0.3 is 0 Å². The van der Waals surface area contributed by atoms with Gasteiger partial charge in [-0.05, 0) is 19.8 Å². The van der Waals surface area contributed by atoms with Gasteiger partial charge in [-0.15, -0.1) is 0 Å². The molecular formula is C13H22N4O. The maximum atomic E-state index is 5.05. The van der Waals surface area contributed by atoms with Crippen LogP contribution in [-0.2, 0) is 6.54 Å². The van der Waals surface area contributed by atoms with Crippen molar-refractivity contribution >= 4 is 0 Å². The van der Waals surface area contributed by atoms with Crippen LogP contribution < -0.4 is 5.32 Å². The van der Waals surface area contributed by atoms with Gasteiger partial charge in [-0.1, -0.05) is 18.0 Å². The number of nitrogens with one attached hydrogen (secondary N) is 1. The zero-order valence-corrected chi connectivity index (χ0v) is 11.3. The van der Waals surface area contributed by atoms with Crippen molar-refractivity contribution in [2.75, 3.05) is 13.1 Å². The van der Waals surface area contributed by atoms with Crippen LogP contribution in [0.4, 0.5) is 0 Å². The molecule has 2 heterocycles. The summed E-state index contributed by atoms with van der Waals surface area (Å²) < 4.78 is 5.05. The smallest absolute Gasteiger partial charge is 0.223 e. The number of hydrogen-bond donors (Lipinski definition) is 1. The number of nitrogens with zero attached hydrogens (tertiary/aromatic N) is 3. The zero-order valence-electron chi connectivity index (χ0n) is 11.3. The molecule has 5 nitrogen and oxygen atoms in total. The Balaban J connectivity index is 1.69. The molecule has 2 fully saturated rings. The van der Waals surface area contributed by atoms with Gasteiger partial charge in [-0.3, -0.25) is 4.90 Å². The molecule has 18 heavy (non-hydrogen) atoms. The van der Waals surface area contributed by atoms with E-state index in [4.69, 9.17) is 4.52 Å². The van der Waals surface area contributed by atoms with Crippen LogP contribution >= 0.6 is 0 Å². The first-order chi connectivity index (χ1) is 8.67. The summed E-state index contributed by atoms with van der Waals surface area (Å²) in [7, 11) is 0. The van der Waals surface area contributed by atoms with Gasteiger partial charge < -0.3 is 9.84 Å². The molecule has 1 aliphatic carbocycles. The standard InChI is InChI=1S/C13H22N4O/c1-10-7-14-13(5-3-4-6-13)9-17(10)8-12-15-11(2)18-16-12/h10,14H,3-9H2,1-2H3. The van der Waals surface area contributed by atoms with E-state index in [1.54, 1.807) is 0 Å². The molecule has 1 aromatic heterocycles. The minimum atomic E-state index is 0.352. The highest BCUT2D eigenvalue weighted by atomic mass is 16.5. The SMILES string of the molecule is Cc1nc(CN2CC3(CCCC3)NCC2C)no1. The van der Waals surface area contributed by atoms with E-state index in [1.807, 2.05) is 6.92 Å².